The van der Waals surface area contributed by atoms with Crippen LogP contribution in [0.2, 0.25) is 0 Å². The first-order valence-corrected chi connectivity index (χ1v) is 5.53. The number of pyridine rings is 1. The second-order valence-corrected chi connectivity index (χ2v) is 3.97. The molecule has 16 heavy (non-hydrogen) atoms. The Bertz CT molecular complexity index is 345. The van der Waals surface area contributed by atoms with Gasteiger partial charge in [-0.2, -0.15) is 0 Å². The number of hydrogen-bond donors (Lipinski definition) is 0. The van der Waals surface area contributed by atoms with Gasteiger partial charge in [0, 0.05) is 32.6 Å². The lowest BCUT2D eigenvalue weighted by atomic mass is 10.1. The molecule has 1 aliphatic heterocycles. The van der Waals surface area contributed by atoms with Crippen molar-refractivity contribution in [1.82, 2.24) is 9.88 Å². The lowest BCUT2D eigenvalue weighted by Gasteiger charge is -2.31. The zero-order valence-electron chi connectivity index (χ0n) is 9.43. The van der Waals surface area contributed by atoms with E-state index in [-0.39, 0.29) is 5.91 Å². The highest BCUT2D eigenvalue weighted by atomic mass is 16.5. The van der Waals surface area contributed by atoms with Crippen LogP contribution in [0.3, 0.4) is 0 Å². The third-order valence-electron chi connectivity index (χ3n) is 2.97. The van der Waals surface area contributed by atoms with E-state index < -0.39 is 0 Å². The summed E-state index contributed by atoms with van der Waals surface area (Å²) in [6, 6.07) is 3.59. The molecule has 4 nitrogen and oxygen atoms in total. The molecule has 1 aromatic rings. The standard InChI is InChI=1S/C12H16N2O2/c1-16-11-4-7-14(8-5-11)12(15)10-3-2-6-13-9-10/h2-3,6,9,11H,4-5,7-8H2,1H3. The van der Waals surface area contributed by atoms with E-state index in [1.165, 1.54) is 0 Å². The van der Waals surface area contributed by atoms with Gasteiger partial charge < -0.3 is 9.64 Å². The number of ether oxygens (including phenoxy) is 1. The summed E-state index contributed by atoms with van der Waals surface area (Å²) in [5, 5.41) is 0. The molecular formula is C12H16N2O2. The van der Waals surface area contributed by atoms with Gasteiger partial charge in [0.15, 0.2) is 0 Å². The first-order chi connectivity index (χ1) is 7.81. The molecule has 2 heterocycles. The predicted octanol–water partition coefficient (Wildman–Crippen LogP) is 1.33. The van der Waals surface area contributed by atoms with E-state index in [0.29, 0.717) is 11.7 Å². The van der Waals surface area contributed by atoms with Gasteiger partial charge in [0.1, 0.15) is 0 Å². The van der Waals surface area contributed by atoms with Gasteiger partial charge in [-0.1, -0.05) is 0 Å². The van der Waals surface area contributed by atoms with E-state index in [4.69, 9.17) is 4.74 Å². The maximum Gasteiger partial charge on any atom is 0.255 e. The van der Waals surface area contributed by atoms with Crippen molar-refractivity contribution in [3.05, 3.63) is 30.1 Å². The average Bonchev–Trinajstić information content (AvgIpc) is 2.39. The maximum absolute atomic E-state index is 12.0. The van der Waals surface area contributed by atoms with Crippen LogP contribution in [-0.4, -0.2) is 42.1 Å². The number of aromatic nitrogens is 1. The lowest BCUT2D eigenvalue weighted by molar-refractivity contribution is 0.0350. The van der Waals surface area contributed by atoms with Gasteiger partial charge in [0.05, 0.1) is 11.7 Å². The monoisotopic (exact) mass is 220 g/mol. The zero-order chi connectivity index (χ0) is 11.4. The minimum absolute atomic E-state index is 0.0719. The van der Waals surface area contributed by atoms with Gasteiger partial charge in [-0.05, 0) is 25.0 Å². The largest absolute Gasteiger partial charge is 0.381 e. The highest BCUT2D eigenvalue weighted by Crippen LogP contribution is 2.15. The Morgan fingerprint density at radius 3 is 2.81 bits per heavy atom. The molecule has 1 saturated heterocycles. The van der Waals surface area contributed by atoms with Crippen LogP contribution in [0.4, 0.5) is 0 Å². The van der Waals surface area contributed by atoms with Gasteiger partial charge >= 0.3 is 0 Å². The third-order valence-corrected chi connectivity index (χ3v) is 2.97. The molecule has 1 aromatic heterocycles. The molecule has 0 radical (unpaired) electrons. The number of amides is 1. The fourth-order valence-electron chi connectivity index (χ4n) is 1.97. The molecule has 0 bridgehead atoms. The SMILES string of the molecule is COC1CCN(C(=O)c2cccnc2)CC1. The first-order valence-electron chi connectivity index (χ1n) is 5.53. The summed E-state index contributed by atoms with van der Waals surface area (Å²) in [4.78, 5) is 17.9. The van der Waals surface area contributed by atoms with Crippen LogP contribution < -0.4 is 0 Å². The van der Waals surface area contributed by atoms with Gasteiger partial charge in [0.2, 0.25) is 0 Å². The van der Waals surface area contributed by atoms with Crippen molar-refractivity contribution in [3.63, 3.8) is 0 Å². The first kappa shape index (κ1) is 11.1. The number of methoxy groups -OCH3 is 1. The molecule has 2 rings (SSSR count). The predicted molar refractivity (Wildman–Crippen MR) is 60.2 cm³/mol. The molecule has 0 atom stereocenters. The van der Waals surface area contributed by atoms with Crippen molar-refractivity contribution in [2.24, 2.45) is 0 Å². The molecule has 0 unspecified atom stereocenters. The van der Waals surface area contributed by atoms with E-state index in [1.807, 2.05) is 4.90 Å². The number of likely N-dealkylation sites (tertiary alicyclic amines) is 1. The van der Waals surface area contributed by atoms with Crippen molar-refractivity contribution in [1.29, 1.82) is 0 Å². The molecule has 0 aliphatic carbocycles. The van der Waals surface area contributed by atoms with Crippen LogP contribution in [0.1, 0.15) is 23.2 Å². The fraction of sp³-hybridized carbons (Fsp3) is 0.500. The fourth-order valence-corrected chi connectivity index (χ4v) is 1.97. The van der Waals surface area contributed by atoms with Crippen molar-refractivity contribution in [2.45, 2.75) is 18.9 Å². The summed E-state index contributed by atoms with van der Waals surface area (Å²) in [5.41, 5.74) is 0.665. The van der Waals surface area contributed by atoms with E-state index >= 15 is 0 Å². The average molecular weight is 220 g/mol. The summed E-state index contributed by atoms with van der Waals surface area (Å²) in [5.74, 6) is 0.0719. The quantitative estimate of drug-likeness (QED) is 0.755. The van der Waals surface area contributed by atoms with E-state index in [2.05, 4.69) is 4.98 Å². The highest BCUT2D eigenvalue weighted by Gasteiger charge is 2.23. The number of carbonyl (C=O) groups is 1. The molecular weight excluding hydrogens is 204 g/mol. The van der Waals surface area contributed by atoms with Crippen molar-refractivity contribution < 1.29 is 9.53 Å². The molecule has 0 N–H and O–H groups in total. The van der Waals surface area contributed by atoms with Crippen LogP contribution in [-0.2, 0) is 4.74 Å². The minimum atomic E-state index is 0.0719. The molecule has 0 spiro atoms. The second-order valence-electron chi connectivity index (χ2n) is 3.97. The second kappa shape index (κ2) is 5.07. The normalized spacial score (nSPS) is 17.4. The third kappa shape index (κ3) is 2.39. The lowest BCUT2D eigenvalue weighted by Crippen LogP contribution is -2.40. The van der Waals surface area contributed by atoms with Crippen molar-refractivity contribution in [3.8, 4) is 0 Å². The molecule has 0 aromatic carbocycles. The number of rotatable bonds is 2. The van der Waals surface area contributed by atoms with Gasteiger partial charge in [-0.3, -0.25) is 9.78 Å². The van der Waals surface area contributed by atoms with Crippen LogP contribution in [0, 0.1) is 0 Å². The minimum Gasteiger partial charge on any atom is -0.381 e. The summed E-state index contributed by atoms with van der Waals surface area (Å²) in [6.45, 7) is 1.54. The number of hydrogen-bond acceptors (Lipinski definition) is 3. The van der Waals surface area contributed by atoms with Crippen LogP contribution in [0.15, 0.2) is 24.5 Å². The highest BCUT2D eigenvalue weighted by molar-refractivity contribution is 5.93. The van der Waals surface area contributed by atoms with Crippen LogP contribution in [0.25, 0.3) is 0 Å². The van der Waals surface area contributed by atoms with Crippen LogP contribution >= 0.6 is 0 Å². The van der Waals surface area contributed by atoms with Crippen molar-refractivity contribution >= 4 is 5.91 Å². The Morgan fingerprint density at radius 2 is 2.25 bits per heavy atom. The van der Waals surface area contributed by atoms with Crippen molar-refractivity contribution in [2.75, 3.05) is 20.2 Å². The number of carbonyl (C=O) groups excluding carboxylic acids is 1. The zero-order valence-corrected chi connectivity index (χ0v) is 9.43. The summed E-state index contributed by atoms with van der Waals surface area (Å²) >= 11 is 0. The maximum atomic E-state index is 12.0. The Labute approximate surface area is 95.2 Å². The van der Waals surface area contributed by atoms with E-state index in [0.717, 1.165) is 25.9 Å². The van der Waals surface area contributed by atoms with Gasteiger partial charge in [-0.15, -0.1) is 0 Å². The van der Waals surface area contributed by atoms with E-state index in [1.54, 1.807) is 31.6 Å². The molecule has 86 valence electrons. The Hall–Kier alpha value is -1.42. The Kier molecular flexibility index (Phi) is 3.51. The summed E-state index contributed by atoms with van der Waals surface area (Å²) < 4.78 is 5.27. The Morgan fingerprint density at radius 1 is 1.50 bits per heavy atom. The summed E-state index contributed by atoms with van der Waals surface area (Å²) in [6.07, 6.45) is 5.43. The van der Waals surface area contributed by atoms with E-state index in [9.17, 15) is 4.79 Å². The molecule has 1 amide bonds. The number of nitrogens with zero attached hydrogens (tertiary/aromatic N) is 2. The Balaban J connectivity index is 1.97. The number of piperidine rings is 1. The molecule has 4 heteroatoms. The molecule has 1 aliphatic rings. The molecule has 0 saturated carbocycles. The van der Waals surface area contributed by atoms with Crippen LogP contribution in [0.5, 0.6) is 0 Å². The van der Waals surface area contributed by atoms with Gasteiger partial charge in [0.25, 0.3) is 5.91 Å². The topological polar surface area (TPSA) is 42.4 Å². The smallest absolute Gasteiger partial charge is 0.255 e. The van der Waals surface area contributed by atoms with Gasteiger partial charge in [-0.25, -0.2) is 0 Å². The summed E-state index contributed by atoms with van der Waals surface area (Å²) in [7, 11) is 1.73. The molecule has 1 fully saturated rings.